The van der Waals surface area contributed by atoms with Gasteiger partial charge in [0, 0.05) is 4.47 Å². The zero-order valence-electron chi connectivity index (χ0n) is 9.66. The lowest BCUT2D eigenvalue weighted by atomic mass is 9.83. The Morgan fingerprint density at radius 2 is 2.22 bits per heavy atom. The normalized spacial score (nSPS) is 32.1. The number of amides is 1. The molecule has 18 heavy (non-hydrogen) atoms. The number of carbonyl (C=O) groups excluding carboxylic acids is 1. The van der Waals surface area contributed by atoms with E-state index in [1.807, 2.05) is 24.3 Å². The number of ether oxygens (including phenoxy) is 1. The Bertz CT molecular complexity index is 492. The van der Waals surface area contributed by atoms with E-state index in [1.165, 1.54) is 0 Å². The van der Waals surface area contributed by atoms with Gasteiger partial charge in [0.25, 0.3) is 0 Å². The summed E-state index contributed by atoms with van der Waals surface area (Å²) >= 11 is 3.38. The molecular formula is C13H13BrFNO2. The number of morpholine rings is 1. The van der Waals surface area contributed by atoms with Gasteiger partial charge in [0.2, 0.25) is 12.3 Å². The Hall–Kier alpha value is -0.940. The van der Waals surface area contributed by atoms with E-state index >= 15 is 0 Å². The third-order valence-electron chi connectivity index (χ3n) is 3.59. The molecule has 1 aromatic rings. The first-order valence-electron chi connectivity index (χ1n) is 5.95. The summed E-state index contributed by atoms with van der Waals surface area (Å²) in [6.45, 7) is -0.205. The smallest absolute Gasteiger partial charge is 0.247 e. The summed E-state index contributed by atoms with van der Waals surface area (Å²) in [6.07, 6.45) is 0.338. The lowest BCUT2D eigenvalue weighted by molar-refractivity contribution is -0.168. The van der Waals surface area contributed by atoms with Gasteiger partial charge in [-0.15, -0.1) is 0 Å². The molecule has 2 fully saturated rings. The maximum Gasteiger partial charge on any atom is 0.247 e. The number of carbonyl (C=O) groups is 1. The van der Waals surface area contributed by atoms with Gasteiger partial charge < -0.3 is 10.1 Å². The van der Waals surface area contributed by atoms with Crippen molar-refractivity contribution >= 4 is 21.8 Å². The lowest BCUT2D eigenvalue weighted by Crippen LogP contribution is -2.60. The predicted molar refractivity (Wildman–Crippen MR) is 67.5 cm³/mol. The molecule has 2 unspecified atom stereocenters. The van der Waals surface area contributed by atoms with Crippen molar-refractivity contribution in [3.05, 3.63) is 34.3 Å². The van der Waals surface area contributed by atoms with Crippen molar-refractivity contribution in [3.63, 3.8) is 0 Å². The second kappa shape index (κ2) is 4.31. The van der Waals surface area contributed by atoms with Crippen LogP contribution in [0.15, 0.2) is 28.7 Å². The molecule has 2 atom stereocenters. The number of benzene rings is 1. The molecule has 1 aromatic carbocycles. The van der Waals surface area contributed by atoms with Crippen LogP contribution in [0.3, 0.4) is 0 Å². The highest BCUT2D eigenvalue weighted by atomic mass is 79.9. The summed E-state index contributed by atoms with van der Waals surface area (Å²) in [7, 11) is 0. The Labute approximate surface area is 113 Å². The summed E-state index contributed by atoms with van der Waals surface area (Å²) in [5, 5.41) is 2.83. The Balaban J connectivity index is 2.07. The summed E-state index contributed by atoms with van der Waals surface area (Å²) < 4.78 is 20.2. The zero-order valence-corrected chi connectivity index (χ0v) is 11.2. The first kappa shape index (κ1) is 12.1. The van der Waals surface area contributed by atoms with Crippen molar-refractivity contribution in [1.29, 1.82) is 0 Å². The van der Waals surface area contributed by atoms with E-state index in [0.717, 1.165) is 22.9 Å². The zero-order chi connectivity index (χ0) is 12.8. The largest absolute Gasteiger partial charge is 0.339 e. The number of alkyl halides is 1. The van der Waals surface area contributed by atoms with Gasteiger partial charge in [-0.3, -0.25) is 4.79 Å². The maximum atomic E-state index is 14.3. The molecule has 1 aliphatic carbocycles. The fourth-order valence-electron chi connectivity index (χ4n) is 2.61. The lowest BCUT2D eigenvalue weighted by Gasteiger charge is -2.41. The standard InChI is InChI=1S/C13H13BrFNO2/c14-10-3-1-2-9(6-10)13(8-4-5-8)12(15)18-7-11(17)16-13/h1-3,6,8,12H,4-5,7H2,(H,16,17). The Morgan fingerprint density at radius 1 is 1.44 bits per heavy atom. The van der Waals surface area contributed by atoms with E-state index in [4.69, 9.17) is 4.74 Å². The van der Waals surface area contributed by atoms with E-state index in [1.54, 1.807) is 0 Å². The molecule has 0 spiro atoms. The minimum absolute atomic E-state index is 0.117. The molecule has 1 aliphatic heterocycles. The third kappa shape index (κ3) is 1.86. The van der Waals surface area contributed by atoms with Crippen LogP contribution in [0.25, 0.3) is 0 Å². The van der Waals surface area contributed by atoms with Crippen LogP contribution in [0.2, 0.25) is 0 Å². The van der Waals surface area contributed by atoms with Crippen LogP contribution in [0.1, 0.15) is 18.4 Å². The molecule has 0 bridgehead atoms. The molecule has 96 valence electrons. The molecule has 3 nitrogen and oxygen atoms in total. The molecule has 0 aromatic heterocycles. The highest BCUT2D eigenvalue weighted by molar-refractivity contribution is 9.10. The van der Waals surface area contributed by atoms with E-state index in [0.29, 0.717) is 0 Å². The highest BCUT2D eigenvalue weighted by Gasteiger charge is 2.56. The van der Waals surface area contributed by atoms with Gasteiger partial charge in [0.15, 0.2) is 0 Å². The molecule has 1 amide bonds. The molecule has 2 aliphatic rings. The maximum absolute atomic E-state index is 14.3. The van der Waals surface area contributed by atoms with Crippen LogP contribution in [-0.2, 0) is 15.1 Å². The molecule has 0 radical (unpaired) electrons. The number of nitrogens with one attached hydrogen (secondary N) is 1. The van der Waals surface area contributed by atoms with Crippen LogP contribution in [0.4, 0.5) is 4.39 Å². The predicted octanol–water partition coefficient (Wildman–Crippen LogP) is 2.50. The third-order valence-corrected chi connectivity index (χ3v) is 4.08. The molecular weight excluding hydrogens is 301 g/mol. The van der Waals surface area contributed by atoms with E-state index in [-0.39, 0.29) is 18.4 Å². The van der Waals surface area contributed by atoms with Crippen molar-refractivity contribution in [1.82, 2.24) is 5.32 Å². The Morgan fingerprint density at radius 3 is 2.89 bits per heavy atom. The van der Waals surface area contributed by atoms with Crippen molar-refractivity contribution in [3.8, 4) is 0 Å². The van der Waals surface area contributed by atoms with Gasteiger partial charge in [0.05, 0.1) is 0 Å². The number of halogens is 2. The van der Waals surface area contributed by atoms with Gasteiger partial charge in [-0.1, -0.05) is 28.1 Å². The van der Waals surface area contributed by atoms with Gasteiger partial charge >= 0.3 is 0 Å². The van der Waals surface area contributed by atoms with Crippen molar-refractivity contribution in [2.24, 2.45) is 5.92 Å². The number of rotatable bonds is 2. The minimum Gasteiger partial charge on any atom is -0.339 e. The van der Waals surface area contributed by atoms with Crippen LogP contribution < -0.4 is 5.32 Å². The van der Waals surface area contributed by atoms with Crippen molar-refractivity contribution in [2.45, 2.75) is 24.7 Å². The SMILES string of the molecule is O=C1COC(F)C(c2cccc(Br)c2)(C2CC2)N1. The van der Waals surface area contributed by atoms with Crippen molar-refractivity contribution in [2.75, 3.05) is 6.61 Å². The number of hydrogen-bond acceptors (Lipinski definition) is 2. The molecule has 1 N–H and O–H groups in total. The first-order valence-corrected chi connectivity index (χ1v) is 6.75. The topological polar surface area (TPSA) is 38.3 Å². The van der Waals surface area contributed by atoms with E-state index in [9.17, 15) is 9.18 Å². The second-order valence-corrected chi connectivity index (χ2v) is 5.74. The first-order chi connectivity index (χ1) is 8.63. The summed E-state index contributed by atoms with van der Waals surface area (Å²) in [6, 6.07) is 7.41. The fraction of sp³-hybridized carbons (Fsp3) is 0.462. The summed E-state index contributed by atoms with van der Waals surface area (Å²) in [5.74, 6) is -0.137. The highest BCUT2D eigenvalue weighted by Crippen LogP contribution is 2.50. The monoisotopic (exact) mass is 313 g/mol. The minimum atomic E-state index is -1.49. The number of hydrogen-bond donors (Lipinski definition) is 1. The van der Waals surface area contributed by atoms with Crippen LogP contribution in [0.5, 0.6) is 0 Å². The molecule has 1 saturated carbocycles. The summed E-state index contributed by atoms with van der Waals surface area (Å²) in [5.41, 5.74) is -0.251. The molecule has 1 saturated heterocycles. The quantitative estimate of drug-likeness (QED) is 0.911. The summed E-state index contributed by atoms with van der Waals surface area (Å²) in [4.78, 5) is 11.6. The van der Waals surface area contributed by atoms with Gasteiger partial charge in [-0.25, -0.2) is 4.39 Å². The van der Waals surface area contributed by atoms with Gasteiger partial charge in [0.1, 0.15) is 12.1 Å². The van der Waals surface area contributed by atoms with Crippen molar-refractivity contribution < 1.29 is 13.9 Å². The molecule has 5 heteroatoms. The average Bonchev–Trinajstić information content (AvgIpc) is 3.17. The fourth-order valence-corrected chi connectivity index (χ4v) is 3.01. The van der Waals surface area contributed by atoms with Crippen LogP contribution in [-0.4, -0.2) is 18.9 Å². The van der Waals surface area contributed by atoms with Crippen LogP contribution in [0, 0.1) is 5.92 Å². The Kier molecular flexibility index (Phi) is 2.90. The molecule has 3 rings (SSSR count). The van der Waals surface area contributed by atoms with Crippen LogP contribution >= 0.6 is 15.9 Å². The van der Waals surface area contributed by atoms with E-state index < -0.39 is 11.9 Å². The second-order valence-electron chi connectivity index (χ2n) is 4.83. The average molecular weight is 314 g/mol. The van der Waals surface area contributed by atoms with Gasteiger partial charge in [-0.2, -0.15) is 0 Å². The molecule has 1 heterocycles. The van der Waals surface area contributed by atoms with Gasteiger partial charge in [-0.05, 0) is 36.5 Å². The van der Waals surface area contributed by atoms with E-state index in [2.05, 4.69) is 21.2 Å².